The first kappa shape index (κ1) is 14.7. The van der Waals surface area contributed by atoms with Crippen LogP contribution < -0.4 is 5.73 Å². The SMILES string of the molecule is CCCC(CC)c1c(F)ccc(C(N)=O)c1CC. The van der Waals surface area contributed by atoms with Gasteiger partial charge in [-0.05, 0) is 48.4 Å². The lowest BCUT2D eigenvalue weighted by Crippen LogP contribution is -2.17. The molecule has 0 radical (unpaired) electrons. The zero-order chi connectivity index (χ0) is 13.7. The molecule has 2 nitrogen and oxygen atoms in total. The Labute approximate surface area is 108 Å². The Bertz CT molecular complexity index is 429. The number of halogens is 1. The molecule has 2 N–H and O–H groups in total. The number of nitrogens with two attached hydrogens (primary N) is 1. The molecule has 0 aliphatic carbocycles. The van der Waals surface area contributed by atoms with E-state index in [-0.39, 0.29) is 11.7 Å². The van der Waals surface area contributed by atoms with Crippen molar-refractivity contribution in [3.63, 3.8) is 0 Å². The van der Waals surface area contributed by atoms with Crippen molar-refractivity contribution >= 4 is 5.91 Å². The van der Waals surface area contributed by atoms with Gasteiger partial charge in [-0.2, -0.15) is 0 Å². The first-order valence-corrected chi connectivity index (χ1v) is 6.67. The van der Waals surface area contributed by atoms with Crippen LogP contribution in [0.5, 0.6) is 0 Å². The number of amides is 1. The van der Waals surface area contributed by atoms with Gasteiger partial charge in [-0.3, -0.25) is 4.79 Å². The summed E-state index contributed by atoms with van der Waals surface area (Å²) in [6.45, 7) is 6.07. The van der Waals surface area contributed by atoms with Gasteiger partial charge < -0.3 is 5.73 Å². The van der Waals surface area contributed by atoms with Crippen LogP contribution in [0.3, 0.4) is 0 Å². The third kappa shape index (κ3) is 2.89. The van der Waals surface area contributed by atoms with E-state index < -0.39 is 5.91 Å². The standard InChI is InChI=1S/C15H22FNO/c1-4-7-10(5-2)14-11(6-3)12(15(17)18)8-9-13(14)16/h8-10H,4-7H2,1-3H3,(H2,17,18). The highest BCUT2D eigenvalue weighted by molar-refractivity contribution is 5.94. The van der Waals surface area contributed by atoms with Crippen LogP contribution >= 0.6 is 0 Å². The number of rotatable bonds is 6. The summed E-state index contributed by atoms with van der Waals surface area (Å²) in [5.41, 5.74) is 7.30. The van der Waals surface area contributed by atoms with Gasteiger partial charge in [0.25, 0.3) is 0 Å². The molecule has 18 heavy (non-hydrogen) atoms. The highest BCUT2D eigenvalue weighted by atomic mass is 19.1. The lowest BCUT2D eigenvalue weighted by Gasteiger charge is -2.20. The molecule has 0 spiro atoms. The maximum Gasteiger partial charge on any atom is 0.248 e. The summed E-state index contributed by atoms with van der Waals surface area (Å²) < 4.78 is 14.1. The number of carbonyl (C=O) groups is 1. The number of hydrogen-bond donors (Lipinski definition) is 1. The molecule has 1 aromatic rings. The van der Waals surface area contributed by atoms with E-state index in [2.05, 4.69) is 13.8 Å². The maximum atomic E-state index is 14.1. The lowest BCUT2D eigenvalue weighted by molar-refractivity contribution is 0.0999. The summed E-state index contributed by atoms with van der Waals surface area (Å²) >= 11 is 0. The number of primary amides is 1. The van der Waals surface area contributed by atoms with E-state index in [9.17, 15) is 9.18 Å². The summed E-state index contributed by atoms with van der Waals surface area (Å²) in [6.07, 6.45) is 3.44. The van der Waals surface area contributed by atoms with E-state index in [0.717, 1.165) is 24.8 Å². The predicted octanol–water partition coefficient (Wildman–Crippen LogP) is 3.78. The lowest BCUT2D eigenvalue weighted by atomic mass is 9.85. The average molecular weight is 251 g/mol. The number of benzene rings is 1. The molecule has 1 unspecified atom stereocenters. The second-order valence-electron chi connectivity index (χ2n) is 4.60. The van der Waals surface area contributed by atoms with E-state index >= 15 is 0 Å². The van der Waals surface area contributed by atoms with Gasteiger partial charge in [-0.15, -0.1) is 0 Å². The van der Waals surface area contributed by atoms with E-state index in [1.165, 1.54) is 12.1 Å². The van der Waals surface area contributed by atoms with Crippen LogP contribution in [0, 0.1) is 5.82 Å². The first-order chi connectivity index (χ1) is 8.56. The molecule has 1 rings (SSSR count). The molecular weight excluding hydrogens is 229 g/mol. The minimum absolute atomic E-state index is 0.171. The van der Waals surface area contributed by atoms with Gasteiger partial charge in [0.2, 0.25) is 5.91 Å². The zero-order valence-corrected chi connectivity index (χ0v) is 11.4. The number of carbonyl (C=O) groups excluding carboxylic acids is 1. The predicted molar refractivity (Wildman–Crippen MR) is 72.2 cm³/mol. The molecular formula is C15H22FNO. The molecule has 0 aliphatic rings. The van der Waals surface area contributed by atoms with Gasteiger partial charge in [0, 0.05) is 5.56 Å². The fourth-order valence-electron chi connectivity index (χ4n) is 2.59. The van der Waals surface area contributed by atoms with Crippen LogP contribution in [-0.4, -0.2) is 5.91 Å². The maximum absolute atomic E-state index is 14.1. The van der Waals surface area contributed by atoms with Gasteiger partial charge in [0.15, 0.2) is 0 Å². The Hall–Kier alpha value is -1.38. The number of hydrogen-bond acceptors (Lipinski definition) is 1. The van der Waals surface area contributed by atoms with Crippen LogP contribution in [-0.2, 0) is 6.42 Å². The zero-order valence-electron chi connectivity index (χ0n) is 11.4. The molecule has 1 amide bonds. The van der Waals surface area contributed by atoms with E-state index in [1.807, 2.05) is 6.92 Å². The molecule has 100 valence electrons. The molecule has 0 heterocycles. The minimum Gasteiger partial charge on any atom is -0.366 e. The average Bonchev–Trinajstić information content (AvgIpc) is 2.35. The second-order valence-corrected chi connectivity index (χ2v) is 4.60. The van der Waals surface area contributed by atoms with Crippen LogP contribution in [0.15, 0.2) is 12.1 Å². The van der Waals surface area contributed by atoms with Gasteiger partial charge in [-0.1, -0.05) is 27.2 Å². The van der Waals surface area contributed by atoms with E-state index in [1.54, 1.807) is 0 Å². The minimum atomic E-state index is -0.473. The first-order valence-electron chi connectivity index (χ1n) is 6.67. The second kappa shape index (κ2) is 6.53. The molecule has 1 atom stereocenters. The van der Waals surface area contributed by atoms with Gasteiger partial charge in [-0.25, -0.2) is 4.39 Å². The molecule has 0 aromatic heterocycles. The topological polar surface area (TPSA) is 43.1 Å². The quantitative estimate of drug-likeness (QED) is 0.821. The Morgan fingerprint density at radius 1 is 1.33 bits per heavy atom. The molecule has 0 saturated carbocycles. The Morgan fingerprint density at radius 3 is 2.44 bits per heavy atom. The van der Waals surface area contributed by atoms with Crippen LogP contribution in [0.4, 0.5) is 4.39 Å². The van der Waals surface area contributed by atoms with Gasteiger partial charge in [0.1, 0.15) is 5.82 Å². The summed E-state index contributed by atoms with van der Waals surface area (Å²) in [5.74, 6) is -0.513. The monoisotopic (exact) mass is 251 g/mol. The molecule has 0 bridgehead atoms. The summed E-state index contributed by atoms with van der Waals surface area (Å²) in [5, 5.41) is 0. The van der Waals surface area contributed by atoms with Gasteiger partial charge >= 0.3 is 0 Å². The van der Waals surface area contributed by atoms with Crippen LogP contribution in [0.25, 0.3) is 0 Å². The van der Waals surface area contributed by atoms with Crippen molar-refractivity contribution in [2.75, 3.05) is 0 Å². The third-order valence-corrected chi connectivity index (χ3v) is 3.46. The van der Waals surface area contributed by atoms with Gasteiger partial charge in [0.05, 0.1) is 0 Å². The van der Waals surface area contributed by atoms with Crippen molar-refractivity contribution < 1.29 is 9.18 Å². The Balaban J connectivity index is 3.39. The fourth-order valence-corrected chi connectivity index (χ4v) is 2.59. The fraction of sp³-hybridized carbons (Fsp3) is 0.533. The molecule has 3 heteroatoms. The normalized spacial score (nSPS) is 12.4. The summed E-state index contributed by atoms with van der Waals surface area (Å²) in [7, 11) is 0. The van der Waals surface area contributed by atoms with E-state index in [4.69, 9.17) is 5.73 Å². The molecule has 1 aromatic carbocycles. The Morgan fingerprint density at radius 2 is 2.00 bits per heavy atom. The summed E-state index contributed by atoms with van der Waals surface area (Å²) in [6, 6.07) is 2.87. The molecule has 0 fully saturated rings. The van der Waals surface area contributed by atoms with Crippen molar-refractivity contribution in [1.82, 2.24) is 0 Å². The molecule has 0 aliphatic heterocycles. The highest BCUT2D eigenvalue weighted by Crippen LogP contribution is 2.32. The van der Waals surface area contributed by atoms with Crippen LogP contribution in [0.1, 0.15) is 67.4 Å². The van der Waals surface area contributed by atoms with Crippen LogP contribution in [0.2, 0.25) is 0 Å². The Kier molecular flexibility index (Phi) is 5.32. The molecule has 0 saturated heterocycles. The van der Waals surface area contributed by atoms with E-state index in [0.29, 0.717) is 17.5 Å². The van der Waals surface area contributed by atoms with Crippen molar-refractivity contribution in [2.45, 2.75) is 52.4 Å². The highest BCUT2D eigenvalue weighted by Gasteiger charge is 2.21. The van der Waals surface area contributed by atoms with Crippen molar-refractivity contribution in [3.8, 4) is 0 Å². The van der Waals surface area contributed by atoms with Crippen molar-refractivity contribution in [3.05, 3.63) is 34.6 Å². The largest absolute Gasteiger partial charge is 0.366 e. The van der Waals surface area contributed by atoms with Crippen molar-refractivity contribution in [2.24, 2.45) is 5.73 Å². The summed E-state index contributed by atoms with van der Waals surface area (Å²) in [4.78, 5) is 11.4. The van der Waals surface area contributed by atoms with Crippen molar-refractivity contribution in [1.29, 1.82) is 0 Å². The third-order valence-electron chi connectivity index (χ3n) is 3.46. The smallest absolute Gasteiger partial charge is 0.248 e.